The van der Waals surface area contributed by atoms with Gasteiger partial charge in [-0.1, -0.05) is 25.1 Å². The van der Waals surface area contributed by atoms with E-state index in [1.165, 1.54) is 4.90 Å². The number of carbonyl (C=O) groups is 2. The number of aryl methyl sites for hydroxylation is 1. The van der Waals surface area contributed by atoms with E-state index in [-0.39, 0.29) is 17.7 Å². The Kier molecular flexibility index (Phi) is 5.33. The number of benzene rings is 1. The summed E-state index contributed by atoms with van der Waals surface area (Å²) < 4.78 is 0. The first-order valence-electron chi connectivity index (χ1n) is 7.60. The average molecular weight is 290 g/mol. The normalized spacial score (nSPS) is 21.8. The van der Waals surface area contributed by atoms with Gasteiger partial charge in [0.15, 0.2) is 6.54 Å². The number of rotatable bonds is 5. The van der Waals surface area contributed by atoms with Crippen LogP contribution < -0.4 is 16.0 Å². The minimum absolute atomic E-state index is 0.0161. The Morgan fingerprint density at radius 3 is 2.57 bits per heavy atom. The van der Waals surface area contributed by atoms with Crippen molar-refractivity contribution in [2.24, 2.45) is 11.7 Å². The molecule has 5 heteroatoms. The van der Waals surface area contributed by atoms with E-state index in [4.69, 9.17) is 5.73 Å². The number of hydrogen-bond acceptors (Lipinski definition) is 2. The zero-order valence-electron chi connectivity index (χ0n) is 12.5. The summed E-state index contributed by atoms with van der Waals surface area (Å²) in [7, 11) is 0. The number of piperidine rings is 1. The Morgan fingerprint density at radius 1 is 1.29 bits per heavy atom. The predicted octanol–water partition coefficient (Wildman–Crippen LogP) is -0.0323. The molecule has 1 heterocycles. The molecule has 1 aromatic rings. The number of primary amides is 1. The minimum atomic E-state index is -0.213. The molecule has 0 aliphatic carbocycles. The van der Waals surface area contributed by atoms with E-state index in [0.29, 0.717) is 6.54 Å². The van der Waals surface area contributed by atoms with Crippen LogP contribution in [0.4, 0.5) is 5.69 Å². The summed E-state index contributed by atoms with van der Waals surface area (Å²) in [6, 6.07) is 7.88. The Hall–Kier alpha value is -1.88. The molecule has 4 N–H and O–H groups in total. The highest BCUT2D eigenvalue weighted by Gasteiger charge is 2.27. The number of amides is 2. The van der Waals surface area contributed by atoms with Crippen LogP contribution in [0.5, 0.6) is 0 Å². The molecule has 1 saturated heterocycles. The second kappa shape index (κ2) is 7.22. The lowest BCUT2D eigenvalue weighted by atomic mass is 9.96. The topological polar surface area (TPSA) is 76.6 Å². The molecular weight excluding hydrogens is 266 g/mol. The molecule has 5 nitrogen and oxygen atoms in total. The molecular formula is C16H24N3O2+. The van der Waals surface area contributed by atoms with Crippen LogP contribution in [0.2, 0.25) is 0 Å². The van der Waals surface area contributed by atoms with Gasteiger partial charge in [-0.25, -0.2) is 0 Å². The van der Waals surface area contributed by atoms with E-state index in [9.17, 15) is 9.59 Å². The zero-order valence-corrected chi connectivity index (χ0v) is 12.5. The summed E-state index contributed by atoms with van der Waals surface area (Å²) in [5.41, 5.74) is 7.37. The summed E-state index contributed by atoms with van der Waals surface area (Å²) in [4.78, 5) is 24.5. The van der Waals surface area contributed by atoms with Crippen molar-refractivity contribution in [2.75, 3.05) is 25.0 Å². The van der Waals surface area contributed by atoms with Crippen molar-refractivity contribution in [3.8, 4) is 0 Å². The van der Waals surface area contributed by atoms with Crippen LogP contribution in [-0.4, -0.2) is 31.4 Å². The van der Waals surface area contributed by atoms with Gasteiger partial charge in [0.05, 0.1) is 13.1 Å². The number of nitrogens with one attached hydrogen (secondary N) is 2. The van der Waals surface area contributed by atoms with Crippen molar-refractivity contribution in [3.05, 3.63) is 29.8 Å². The number of para-hydroxylation sites is 1. The fourth-order valence-corrected chi connectivity index (χ4v) is 2.86. The van der Waals surface area contributed by atoms with Gasteiger partial charge in [-0.15, -0.1) is 0 Å². The standard InChI is InChI=1S/C16H23N3O2/c1-2-12-5-3-4-6-14(12)18-15(20)11-19-9-7-13(8-10-19)16(17)21/h3-6,13H,2,7-11H2,1H3,(H2,17,21)(H,18,20)/p+1. The Balaban J connectivity index is 1.84. The molecule has 2 rings (SSSR count). The van der Waals surface area contributed by atoms with Gasteiger partial charge in [0.1, 0.15) is 0 Å². The van der Waals surface area contributed by atoms with Crippen LogP contribution in [0, 0.1) is 5.92 Å². The molecule has 21 heavy (non-hydrogen) atoms. The fraction of sp³-hybridized carbons (Fsp3) is 0.500. The highest BCUT2D eigenvalue weighted by molar-refractivity contribution is 5.92. The van der Waals surface area contributed by atoms with E-state index in [1.54, 1.807) is 0 Å². The number of likely N-dealkylation sites (tertiary alicyclic amines) is 1. The molecule has 114 valence electrons. The van der Waals surface area contributed by atoms with Crippen molar-refractivity contribution >= 4 is 17.5 Å². The van der Waals surface area contributed by atoms with Gasteiger partial charge in [0.25, 0.3) is 5.91 Å². The van der Waals surface area contributed by atoms with Gasteiger partial charge >= 0.3 is 0 Å². The second-order valence-electron chi connectivity index (χ2n) is 5.66. The van der Waals surface area contributed by atoms with Crippen LogP contribution in [0.1, 0.15) is 25.3 Å². The second-order valence-corrected chi connectivity index (χ2v) is 5.66. The van der Waals surface area contributed by atoms with Gasteiger partial charge in [0, 0.05) is 24.4 Å². The Morgan fingerprint density at radius 2 is 1.95 bits per heavy atom. The van der Waals surface area contributed by atoms with Crippen LogP contribution >= 0.6 is 0 Å². The maximum Gasteiger partial charge on any atom is 0.279 e. The van der Waals surface area contributed by atoms with E-state index in [2.05, 4.69) is 12.2 Å². The molecule has 0 atom stereocenters. The first kappa shape index (κ1) is 15.5. The molecule has 2 amide bonds. The monoisotopic (exact) mass is 290 g/mol. The van der Waals surface area contributed by atoms with Crippen LogP contribution in [0.25, 0.3) is 0 Å². The predicted molar refractivity (Wildman–Crippen MR) is 81.9 cm³/mol. The lowest BCUT2D eigenvalue weighted by Crippen LogP contribution is -3.14. The highest BCUT2D eigenvalue weighted by Crippen LogP contribution is 2.15. The van der Waals surface area contributed by atoms with E-state index >= 15 is 0 Å². The molecule has 1 fully saturated rings. The van der Waals surface area contributed by atoms with Crippen molar-refractivity contribution < 1.29 is 14.5 Å². The SMILES string of the molecule is CCc1ccccc1NC(=O)C[NH+]1CCC(C(N)=O)CC1. The molecule has 0 unspecified atom stereocenters. The maximum atomic E-state index is 12.1. The molecule has 1 aliphatic heterocycles. The fourth-order valence-electron chi connectivity index (χ4n) is 2.86. The molecule has 0 radical (unpaired) electrons. The number of quaternary nitrogens is 1. The van der Waals surface area contributed by atoms with Crippen LogP contribution in [0.15, 0.2) is 24.3 Å². The zero-order chi connectivity index (χ0) is 15.2. The van der Waals surface area contributed by atoms with Crippen LogP contribution in [0.3, 0.4) is 0 Å². The largest absolute Gasteiger partial charge is 0.369 e. The summed E-state index contributed by atoms with van der Waals surface area (Å²) in [6.45, 7) is 4.18. The van der Waals surface area contributed by atoms with E-state index in [1.807, 2.05) is 24.3 Å². The molecule has 0 saturated carbocycles. The van der Waals surface area contributed by atoms with Crippen molar-refractivity contribution in [3.63, 3.8) is 0 Å². The number of carbonyl (C=O) groups excluding carboxylic acids is 2. The maximum absolute atomic E-state index is 12.1. The van der Waals surface area contributed by atoms with Gasteiger partial charge in [-0.2, -0.15) is 0 Å². The molecule has 0 bridgehead atoms. The number of anilines is 1. The number of hydrogen-bond donors (Lipinski definition) is 3. The Labute approximate surface area is 125 Å². The van der Waals surface area contributed by atoms with Crippen molar-refractivity contribution in [2.45, 2.75) is 26.2 Å². The molecule has 0 aromatic heterocycles. The van der Waals surface area contributed by atoms with Gasteiger partial charge in [-0.05, 0) is 18.1 Å². The van der Waals surface area contributed by atoms with Crippen LogP contribution in [-0.2, 0) is 16.0 Å². The molecule has 1 aromatic carbocycles. The molecule has 1 aliphatic rings. The third kappa shape index (κ3) is 4.29. The summed E-state index contributed by atoms with van der Waals surface area (Å²) in [6.07, 6.45) is 2.46. The van der Waals surface area contributed by atoms with E-state index < -0.39 is 0 Å². The van der Waals surface area contributed by atoms with Gasteiger partial charge < -0.3 is 16.0 Å². The average Bonchev–Trinajstić information content (AvgIpc) is 2.48. The number of nitrogens with two attached hydrogens (primary N) is 1. The quantitative estimate of drug-likeness (QED) is 0.712. The van der Waals surface area contributed by atoms with Gasteiger partial charge in [0.2, 0.25) is 5.91 Å². The third-order valence-corrected chi connectivity index (χ3v) is 4.18. The third-order valence-electron chi connectivity index (χ3n) is 4.18. The minimum Gasteiger partial charge on any atom is -0.369 e. The summed E-state index contributed by atoms with van der Waals surface area (Å²) >= 11 is 0. The van der Waals surface area contributed by atoms with Crippen molar-refractivity contribution in [1.82, 2.24) is 0 Å². The van der Waals surface area contributed by atoms with Gasteiger partial charge in [-0.3, -0.25) is 9.59 Å². The van der Waals surface area contributed by atoms with E-state index in [0.717, 1.165) is 43.6 Å². The summed E-state index contributed by atoms with van der Waals surface area (Å²) in [5.74, 6) is -0.198. The van der Waals surface area contributed by atoms with Crippen molar-refractivity contribution in [1.29, 1.82) is 0 Å². The first-order valence-corrected chi connectivity index (χ1v) is 7.60. The highest BCUT2D eigenvalue weighted by atomic mass is 16.2. The first-order chi connectivity index (χ1) is 10.1. The molecule has 0 spiro atoms. The lowest BCUT2D eigenvalue weighted by Gasteiger charge is -2.27. The summed E-state index contributed by atoms with van der Waals surface area (Å²) in [5, 5.41) is 2.99. The Bertz CT molecular complexity index is 508. The smallest absolute Gasteiger partial charge is 0.279 e. The lowest BCUT2D eigenvalue weighted by molar-refractivity contribution is -0.897.